The molecule has 0 N–H and O–H groups in total. The summed E-state index contributed by atoms with van der Waals surface area (Å²) in [5, 5.41) is 1.89. The van der Waals surface area contributed by atoms with E-state index in [9.17, 15) is 0 Å². The second-order valence-corrected chi connectivity index (χ2v) is 10.6. The van der Waals surface area contributed by atoms with E-state index in [-0.39, 0.29) is 0 Å². The maximum absolute atomic E-state index is 4.85. The zero-order chi connectivity index (χ0) is 26.2. The minimum Gasteiger partial charge on any atom is -0.251 e. The summed E-state index contributed by atoms with van der Waals surface area (Å²) in [6, 6.07) is 0. The maximum Gasteiger partial charge on any atom is 0.554 e. The highest BCUT2D eigenvalue weighted by atomic mass is 15.6. The highest BCUT2D eigenvalue weighted by Gasteiger charge is 2.74. The quantitative estimate of drug-likeness (QED) is 0.255. The average molecular weight is 528 g/mol. The van der Waals surface area contributed by atoms with Crippen LogP contribution in [0.5, 0.6) is 0 Å². The molecule has 6 aromatic heterocycles. The van der Waals surface area contributed by atoms with Crippen LogP contribution in [0.15, 0.2) is 49.6 Å². The van der Waals surface area contributed by atoms with Gasteiger partial charge in [-0.05, 0) is 0 Å². The first-order valence-electron chi connectivity index (χ1n) is 13.2. The van der Waals surface area contributed by atoms with Gasteiger partial charge in [-0.25, -0.2) is 19.9 Å². The van der Waals surface area contributed by atoms with Crippen LogP contribution in [0.1, 0.15) is 34.2 Å². The summed E-state index contributed by atoms with van der Waals surface area (Å²) >= 11 is 0. The van der Waals surface area contributed by atoms with Crippen LogP contribution in [0.2, 0.25) is 0 Å². The monoisotopic (exact) mass is 528 g/mol. The number of rotatable bonds is 0. The fourth-order valence-electron chi connectivity index (χ4n) is 7.69. The zero-order valence-electron chi connectivity index (χ0n) is 20.8. The van der Waals surface area contributed by atoms with E-state index in [1.54, 1.807) is 49.6 Å². The summed E-state index contributed by atoms with van der Waals surface area (Å²) in [6.07, 6.45) is 22.7. The molecule has 0 saturated carbocycles. The van der Waals surface area contributed by atoms with Gasteiger partial charge in [0.1, 0.15) is 22.1 Å². The first-order chi connectivity index (χ1) is 20.4. The fraction of sp³-hybridized carbons (Fsp3) is 0.0345. The van der Waals surface area contributed by atoms with Crippen LogP contribution >= 0.6 is 0 Å². The third kappa shape index (κ3) is 1.72. The molecule has 12 heterocycles. The van der Waals surface area contributed by atoms with Crippen LogP contribution in [0.25, 0.3) is 57.8 Å². The highest BCUT2D eigenvalue weighted by Crippen LogP contribution is 2.51. The SMILES string of the molecule is C1=C2c3nccnc3C3=[N+]2C24n5c1c1nccnc1c5C=C1c5nccnc5C(=[N+]12)C=c1c2nccnc2c(n14)=C3. The van der Waals surface area contributed by atoms with Gasteiger partial charge in [-0.3, -0.25) is 19.9 Å². The van der Waals surface area contributed by atoms with Crippen molar-refractivity contribution in [3.05, 3.63) is 94.4 Å². The molecule has 12 rings (SSSR count). The van der Waals surface area contributed by atoms with Gasteiger partial charge in [0.15, 0.2) is 22.8 Å². The Labute approximate surface area is 227 Å². The molecule has 186 valence electrons. The lowest BCUT2D eigenvalue weighted by Crippen LogP contribution is -2.69. The Morgan fingerprint density at radius 1 is 0.439 bits per heavy atom. The molecule has 0 fully saturated rings. The second kappa shape index (κ2) is 5.77. The summed E-state index contributed by atoms with van der Waals surface area (Å²) < 4.78 is 9.37. The summed E-state index contributed by atoms with van der Waals surface area (Å²) in [5.74, 6) is -0.993. The molecule has 0 atom stereocenters. The van der Waals surface area contributed by atoms with E-state index in [0.717, 1.165) is 89.7 Å². The van der Waals surface area contributed by atoms with Crippen molar-refractivity contribution in [1.82, 2.24) is 49.0 Å². The largest absolute Gasteiger partial charge is 0.554 e. The molecule has 41 heavy (non-hydrogen) atoms. The average Bonchev–Trinajstić information content (AvgIpc) is 3.74. The van der Waals surface area contributed by atoms with Gasteiger partial charge >= 0.3 is 5.91 Å². The standard InChI is InChI=1S/C29H12N12/c1-2-31-22-14-10-16-24-26(35-6-5-33-24)18-12-20-28-27(36-7-8-37-28)19-11-17-25-23(32-3-4-34-25)15-9-13(21(22)30-1)38(14)29(39(15)17,40(16)18)41(19)20/h1-12H/q+2. The molecule has 0 bridgehead atoms. The molecule has 12 nitrogen and oxygen atoms in total. The smallest absolute Gasteiger partial charge is 0.251 e. The first kappa shape index (κ1) is 19.1. The lowest BCUT2D eigenvalue weighted by Gasteiger charge is -2.36. The van der Waals surface area contributed by atoms with E-state index < -0.39 is 5.91 Å². The summed E-state index contributed by atoms with van der Waals surface area (Å²) in [6.45, 7) is 0. The second-order valence-electron chi connectivity index (χ2n) is 10.6. The summed E-state index contributed by atoms with van der Waals surface area (Å²) in [4.78, 5) is 38.8. The van der Waals surface area contributed by atoms with Crippen LogP contribution in [0, 0.1) is 0 Å². The van der Waals surface area contributed by atoms with E-state index in [4.69, 9.17) is 39.9 Å². The molecule has 6 aromatic rings. The number of hydrogen-bond donors (Lipinski definition) is 0. The van der Waals surface area contributed by atoms with Gasteiger partial charge < -0.3 is 0 Å². The van der Waals surface area contributed by atoms with Gasteiger partial charge in [-0.15, -0.1) is 0 Å². The molecule has 0 aromatic carbocycles. The lowest BCUT2D eigenvalue weighted by molar-refractivity contribution is -0.805. The molecule has 6 aliphatic heterocycles. The Bertz CT molecular complexity index is 2470. The van der Waals surface area contributed by atoms with Crippen molar-refractivity contribution < 1.29 is 9.15 Å². The molecule has 0 radical (unpaired) electrons. The zero-order valence-corrected chi connectivity index (χ0v) is 20.8. The first-order valence-corrected chi connectivity index (χ1v) is 13.2. The Balaban J connectivity index is 1.45. The van der Waals surface area contributed by atoms with Gasteiger partial charge in [0.25, 0.3) is 0 Å². The van der Waals surface area contributed by atoms with E-state index in [1.165, 1.54) is 0 Å². The number of nitrogens with zero attached hydrogens (tertiary/aromatic N) is 12. The van der Waals surface area contributed by atoms with Crippen LogP contribution in [-0.2, 0) is 5.91 Å². The van der Waals surface area contributed by atoms with Crippen LogP contribution in [0.4, 0.5) is 0 Å². The normalized spacial score (nSPS) is 18.4. The number of aromatic nitrogens is 10. The van der Waals surface area contributed by atoms with Crippen LogP contribution in [-0.4, -0.2) is 69.6 Å². The minimum atomic E-state index is -0.993. The molecule has 0 amide bonds. The Hall–Kier alpha value is -6.04. The van der Waals surface area contributed by atoms with Gasteiger partial charge in [-0.2, -0.15) is 9.13 Å². The maximum atomic E-state index is 4.85. The number of fused-ring (bicyclic) bond motifs is 12. The van der Waals surface area contributed by atoms with Crippen molar-refractivity contribution in [1.29, 1.82) is 0 Å². The van der Waals surface area contributed by atoms with Crippen molar-refractivity contribution in [3.63, 3.8) is 0 Å². The van der Waals surface area contributed by atoms with E-state index in [2.05, 4.69) is 42.6 Å². The van der Waals surface area contributed by atoms with E-state index in [0.29, 0.717) is 0 Å². The molecule has 12 heteroatoms. The summed E-state index contributed by atoms with van der Waals surface area (Å²) in [5.41, 5.74) is 12.2. The predicted octanol–water partition coefficient (Wildman–Crippen LogP) is 0.114. The van der Waals surface area contributed by atoms with Crippen LogP contribution in [0.3, 0.4) is 0 Å². The molecule has 0 saturated heterocycles. The molecular weight excluding hydrogens is 516 g/mol. The molecule has 0 unspecified atom stereocenters. The van der Waals surface area contributed by atoms with E-state index >= 15 is 0 Å². The Morgan fingerprint density at radius 2 is 0.854 bits per heavy atom. The Morgan fingerprint density at radius 3 is 1.34 bits per heavy atom. The molecule has 0 aliphatic carbocycles. The van der Waals surface area contributed by atoms with Gasteiger partial charge in [0.2, 0.25) is 22.8 Å². The van der Waals surface area contributed by atoms with Crippen molar-refractivity contribution in [2.45, 2.75) is 5.91 Å². The van der Waals surface area contributed by atoms with Gasteiger partial charge in [0.05, 0.1) is 22.1 Å². The van der Waals surface area contributed by atoms with Crippen LogP contribution < -0.4 is 10.7 Å². The predicted molar refractivity (Wildman–Crippen MR) is 145 cm³/mol. The number of hydrogen-bond acceptors (Lipinski definition) is 8. The fourth-order valence-corrected chi connectivity index (χ4v) is 7.69. The third-order valence-electron chi connectivity index (χ3n) is 8.95. The van der Waals surface area contributed by atoms with E-state index in [1.807, 2.05) is 0 Å². The van der Waals surface area contributed by atoms with Crippen molar-refractivity contribution >= 4 is 69.2 Å². The Kier molecular flexibility index (Phi) is 2.69. The molecule has 1 spiro atoms. The third-order valence-corrected chi connectivity index (χ3v) is 8.95. The van der Waals surface area contributed by atoms with Gasteiger partial charge in [0, 0.05) is 73.9 Å². The van der Waals surface area contributed by atoms with Crippen molar-refractivity contribution in [3.8, 4) is 0 Å². The topological polar surface area (TPSA) is 119 Å². The van der Waals surface area contributed by atoms with Crippen molar-refractivity contribution in [2.75, 3.05) is 0 Å². The summed E-state index contributed by atoms with van der Waals surface area (Å²) in [7, 11) is 0. The van der Waals surface area contributed by atoms with Crippen molar-refractivity contribution in [2.24, 2.45) is 0 Å². The minimum absolute atomic E-state index is 0.821. The molecule has 6 aliphatic rings. The molecular formula is C29H12N12+2. The lowest BCUT2D eigenvalue weighted by atomic mass is 10.1. The van der Waals surface area contributed by atoms with Gasteiger partial charge in [-0.1, -0.05) is 9.15 Å². The highest BCUT2D eigenvalue weighted by molar-refractivity contribution is 6.25.